The molecular weight excluding hydrogens is 341 g/mol. The molecule has 0 spiro atoms. The second-order valence-corrected chi connectivity index (χ2v) is 5.85. The predicted molar refractivity (Wildman–Crippen MR) is 78.3 cm³/mol. The van der Waals surface area contributed by atoms with E-state index in [4.69, 9.17) is 8.83 Å². The topological polar surface area (TPSA) is 84.4 Å². The molecule has 3 heterocycles. The normalized spacial score (nSPS) is 16.9. The number of nitrogens with zero attached hydrogens (tertiary/aromatic N) is 3. The maximum atomic E-state index is 12.5. The molecule has 1 aliphatic heterocycles. The zero-order chi connectivity index (χ0) is 17.9. The first-order valence-corrected chi connectivity index (χ1v) is 7.84. The molecule has 1 N–H and O–H groups in total. The van der Waals surface area contributed by atoms with Crippen molar-refractivity contribution < 1.29 is 26.8 Å². The van der Waals surface area contributed by atoms with E-state index in [1.807, 2.05) is 4.90 Å². The lowest BCUT2D eigenvalue weighted by Crippen LogP contribution is -2.41. The van der Waals surface area contributed by atoms with Gasteiger partial charge in [0.05, 0.1) is 19.4 Å². The van der Waals surface area contributed by atoms with Gasteiger partial charge in [-0.05, 0) is 38.1 Å². The number of likely N-dealkylation sites (tertiary alicyclic amines) is 1. The molecule has 2 aromatic heterocycles. The zero-order valence-electron chi connectivity index (χ0n) is 13.3. The third-order valence-corrected chi connectivity index (χ3v) is 4.03. The third kappa shape index (κ3) is 4.59. The number of aromatic nitrogens is 2. The summed E-state index contributed by atoms with van der Waals surface area (Å²) >= 11 is 0. The van der Waals surface area contributed by atoms with Crippen LogP contribution in [-0.2, 0) is 17.5 Å². The molecule has 1 amide bonds. The minimum Gasteiger partial charge on any atom is -0.467 e. The number of hydrogen-bond acceptors (Lipinski definition) is 6. The van der Waals surface area contributed by atoms with E-state index >= 15 is 0 Å². The van der Waals surface area contributed by atoms with Crippen molar-refractivity contribution in [1.29, 1.82) is 0 Å². The van der Waals surface area contributed by atoms with Gasteiger partial charge < -0.3 is 14.2 Å². The van der Waals surface area contributed by atoms with E-state index in [9.17, 15) is 18.0 Å². The van der Waals surface area contributed by atoms with E-state index in [1.165, 1.54) is 6.26 Å². The highest BCUT2D eigenvalue weighted by Gasteiger charge is 2.39. The van der Waals surface area contributed by atoms with Crippen LogP contribution in [0.3, 0.4) is 0 Å². The second kappa shape index (κ2) is 7.26. The van der Waals surface area contributed by atoms with E-state index in [0.29, 0.717) is 38.2 Å². The number of rotatable bonds is 5. The molecule has 0 aliphatic carbocycles. The van der Waals surface area contributed by atoms with Crippen molar-refractivity contribution >= 4 is 5.91 Å². The third-order valence-electron chi connectivity index (χ3n) is 4.03. The molecule has 1 saturated heterocycles. The summed E-state index contributed by atoms with van der Waals surface area (Å²) < 4.78 is 47.3. The van der Waals surface area contributed by atoms with Gasteiger partial charge in [-0.2, -0.15) is 13.2 Å². The Hall–Kier alpha value is -2.36. The fourth-order valence-corrected chi connectivity index (χ4v) is 2.71. The average Bonchev–Trinajstić information content (AvgIpc) is 3.25. The number of carbonyl (C=O) groups is 1. The number of carbonyl (C=O) groups excluding carboxylic acids is 1. The van der Waals surface area contributed by atoms with Crippen molar-refractivity contribution in [2.45, 2.75) is 31.5 Å². The Bertz CT molecular complexity index is 691. The maximum Gasteiger partial charge on any atom is 0.470 e. The van der Waals surface area contributed by atoms with Crippen LogP contribution in [0.15, 0.2) is 27.2 Å². The summed E-state index contributed by atoms with van der Waals surface area (Å²) in [6.07, 6.45) is -1.97. The molecule has 2 aromatic rings. The number of alkyl halides is 3. The smallest absolute Gasteiger partial charge is 0.467 e. The molecule has 0 aromatic carbocycles. The van der Waals surface area contributed by atoms with Crippen LogP contribution in [0.2, 0.25) is 0 Å². The molecule has 1 fully saturated rings. The maximum absolute atomic E-state index is 12.5. The van der Waals surface area contributed by atoms with Gasteiger partial charge >= 0.3 is 12.1 Å². The summed E-state index contributed by atoms with van der Waals surface area (Å²) in [6, 6.07) is 3.51. The highest BCUT2D eigenvalue weighted by molar-refractivity contribution is 5.77. The van der Waals surface area contributed by atoms with Crippen molar-refractivity contribution in [1.82, 2.24) is 20.4 Å². The molecule has 25 heavy (non-hydrogen) atoms. The van der Waals surface area contributed by atoms with Gasteiger partial charge in [0, 0.05) is 5.92 Å². The summed E-state index contributed by atoms with van der Waals surface area (Å²) in [5, 5.41) is 9.31. The van der Waals surface area contributed by atoms with Crippen molar-refractivity contribution in [2.75, 3.05) is 19.6 Å². The summed E-state index contributed by atoms with van der Waals surface area (Å²) in [7, 11) is 0. The van der Waals surface area contributed by atoms with Crippen LogP contribution < -0.4 is 5.32 Å². The van der Waals surface area contributed by atoms with Crippen LogP contribution in [0.1, 0.15) is 36.3 Å². The lowest BCUT2D eigenvalue weighted by atomic mass is 9.97. The van der Waals surface area contributed by atoms with Crippen LogP contribution in [0.4, 0.5) is 13.2 Å². The quantitative estimate of drug-likeness (QED) is 0.882. The van der Waals surface area contributed by atoms with Crippen LogP contribution in [0.25, 0.3) is 0 Å². The van der Waals surface area contributed by atoms with Crippen molar-refractivity contribution in [2.24, 2.45) is 0 Å². The minimum absolute atomic E-state index is 0.00856. The number of furan rings is 1. The van der Waals surface area contributed by atoms with E-state index in [0.717, 1.165) is 0 Å². The van der Waals surface area contributed by atoms with Gasteiger partial charge in [-0.3, -0.25) is 9.69 Å². The van der Waals surface area contributed by atoms with Crippen LogP contribution in [0.5, 0.6) is 0 Å². The molecule has 136 valence electrons. The van der Waals surface area contributed by atoms with Gasteiger partial charge in [-0.15, -0.1) is 10.2 Å². The Morgan fingerprint density at radius 1 is 1.32 bits per heavy atom. The number of amides is 1. The Labute approximate surface area is 141 Å². The SMILES string of the molecule is O=C(CN1CCC(c2nnc(C(F)(F)F)o2)CC1)NCc1ccco1. The average molecular weight is 358 g/mol. The first-order valence-electron chi connectivity index (χ1n) is 7.84. The molecule has 7 nitrogen and oxygen atoms in total. The van der Waals surface area contributed by atoms with Gasteiger partial charge in [0.1, 0.15) is 5.76 Å². The molecule has 0 atom stereocenters. The molecule has 0 saturated carbocycles. The molecule has 0 radical (unpaired) electrons. The monoisotopic (exact) mass is 358 g/mol. The van der Waals surface area contributed by atoms with Crippen molar-refractivity contribution in [3.8, 4) is 0 Å². The van der Waals surface area contributed by atoms with Crippen LogP contribution in [0, 0.1) is 0 Å². The summed E-state index contributed by atoms with van der Waals surface area (Å²) in [4.78, 5) is 13.9. The first-order chi connectivity index (χ1) is 11.9. The lowest BCUT2D eigenvalue weighted by molar-refractivity contribution is -0.157. The van der Waals surface area contributed by atoms with Gasteiger partial charge in [0.15, 0.2) is 0 Å². The standard InChI is InChI=1S/C15H17F3N4O3/c16-15(17,18)14-21-20-13(25-14)10-3-5-22(6-4-10)9-12(23)19-8-11-2-1-7-24-11/h1-2,7,10H,3-6,8-9H2,(H,19,23). The largest absolute Gasteiger partial charge is 0.470 e. The Balaban J connectivity index is 1.44. The van der Waals surface area contributed by atoms with Crippen molar-refractivity contribution in [3.05, 3.63) is 35.9 Å². The summed E-state index contributed by atoms with van der Waals surface area (Å²) in [6.45, 7) is 1.70. The molecular formula is C15H17F3N4O3. The number of nitrogens with one attached hydrogen (secondary N) is 1. The highest BCUT2D eigenvalue weighted by Crippen LogP contribution is 2.32. The predicted octanol–water partition coefficient (Wildman–Crippen LogP) is 2.18. The van der Waals surface area contributed by atoms with E-state index in [1.54, 1.807) is 12.1 Å². The van der Waals surface area contributed by atoms with E-state index in [2.05, 4.69) is 15.5 Å². The lowest BCUT2D eigenvalue weighted by Gasteiger charge is -2.29. The minimum atomic E-state index is -4.63. The summed E-state index contributed by atoms with van der Waals surface area (Å²) in [5.74, 6) is -0.988. The summed E-state index contributed by atoms with van der Waals surface area (Å²) in [5.41, 5.74) is 0. The number of piperidine rings is 1. The van der Waals surface area contributed by atoms with E-state index in [-0.39, 0.29) is 24.3 Å². The Morgan fingerprint density at radius 3 is 2.68 bits per heavy atom. The van der Waals surface area contributed by atoms with Crippen molar-refractivity contribution in [3.63, 3.8) is 0 Å². The second-order valence-electron chi connectivity index (χ2n) is 5.85. The molecule has 0 unspecified atom stereocenters. The van der Waals surface area contributed by atoms with E-state index < -0.39 is 12.1 Å². The number of hydrogen-bond donors (Lipinski definition) is 1. The highest BCUT2D eigenvalue weighted by atomic mass is 19.4. The Morgan fingerprint density at radius 2 is 2.08 bits per heavy atom. The molecule has 0 bridgehead atoms. The van der Waals surface area contributed by atoms with Gasteiger partial charge in [0.2, 0.25) is 11.8 Å². The number of halogens is 3. The zero-order valence-corrected chi connectivity index (χ0v) is 13.3. The van der Waals surface area contributed by atoms with Gasteiger partial charge in [-0.1, -0.05) is 0 Å². The van der Waals surface area contributed by atoms with Crippen LogP contribution >= 0.6 is 0 Å². The fraction of sp³-hybridized carbons (Fsp3) is 0.533. The first kappa shape index (κ1) is 17.5. The fourth-order valence-electron chi connectivity index (χ4n) is 2.71. The molecule has 10 heteroatoms. The Kier molecular flexibility index (Phi) is 5.07. The van der Waals surface area contributed by atoms with Gasteiger partial charge in [0.25, 0.3) is 0 Å². The van der Waals surface area contributed by atoms with Gasteiger partial charge in [-0.25, -0.2) is 0 Å². The van der Waals surface area contributed by atoms with Crippen LogP contribution in [-0.4, -0.2) is 40.6 Å². The molecule has 1 aliphatic rings. The molecule has 3 rings (SSSR count).